The van der Waals surface area contributed by atoms with E-state index in [1.807, 2.05) is 24.3 Å². The smallest absolute Gasteiger partial charge is 0.142 e. The van der Waals surface area contributed by atoms with Crippen LogP contribution in [0.3, 0.4) is 0 Å². The van der Waals surface area contributed by atoms with Crippen LogP contribution < -0.4 is 14.4 Å². The molecule has 4 rings (SSSR count). The first-order chi connectivity index (χ1) is 15.3. The van der Waals surface area contributed by atoms with Crippen LogP contribution in [0.4, 0.5) is 5.69 Å². The highest BCUT2D eigenvalue weighted by atomic mass is 16.5. The lowest BCUT2D eigenvalue weighted by Gasteiger charge is -2.44. The molecule has 2 saturated heterocycles. The molecule has 0 radical (unpaired) electrons. The van der Waals surface area contributed by atoms with Crippen molar-refractivity contribution in [1.82, 2.24) is 9.80 Å². The maximum absolute atomic E-state index is 9.09. The molecule has 168 valence electrons. The SMILES string of the molecule is COc1ccccc1N1CCN([C@@H]2CCCN(Cc3ccccc3OCCO)C2)CC1. The van der Waals surface area contributed by atoms with Gasteiger partial charge in [0.05, 0.1) is 19.4 Å². The van der Waals surface area contributed by atoms with E-state index in [9.17, 15) is 0 Å². The van der Waals surface area contributed by atoms with Crippen LogP contribution in [0.15, 0.2) is 48.5 Å². The number of para-hydroxylation sites is 3. The molecule has 2 aliphatic heterocycles. The molecule has 0 aliphatic carbocycles. The summed E-state index contributed by atoms with van der Waals surface area (Å²) in [6.07, 6.45) is 2.50. The number of aliphatic hydroxyl groups is 1. The largest absolute Gasteiger partial charge is 0.495 e. The zero-order valence-corrected chi connectivity index (χ0v) is 18.6. The number of piperazine rings is 1. The Kier molecular flexibility index (Phi) is 7.67. The molecule has 0 amide bonds. The van der Waals surface area contributed by atoms with Crippen LogP contribution in [0, 0.1) is 0 Å². The van der Waals surface area contributed by atoms with Crippen LogP contribution in [0.1, 0.15) is 18.4 Å². The van der Waals surface area contributed by atoms with Gasteiger partial charge in [-0.15, -0.1) is 0 Å². The summed E-state index contributed by atoms with van der Waals surface area (Å²) in [5, 5.41) is 9.09. The summed E-state index contributed by atoms with van der Waals surface area (Å²) in [6, 6.07) is 17.1. The third-order valence-corrected chi connectivity index (χ3v) is 6.45. The van der Waals surface area contributed by atoms with Crippen LogP contribution in [0.5, 0.6) is 11.5 Å². The molecule has 0 unspecified atom stereocenters. The summed E-state index contributed by atoms with van der Waals surface area (Å²) in [4.78, 5) is 7.68. The summed E-state index contributed by atoms with van der Waals surface area (Å²) in [5.74, 6) is 1.85. The number of hydrogen-bond donors (Lipinski definition) is 1. The number of likely N-dealkylation sites (tertiary alicyclic amines) is 1. The van der Waals surface area contributed by atoms with E-state index in [2.05, 4.69) is 39.0 Å². The lowest BCUT2D eigenvalue weighted by Crippen LogP contribution is -2.55. The Balaban J connectivity index is 1.33. The average Bonchev–Trinajstić information content (AvgIpc) is 2.84. The fraction of sp³-hybridized carbons (Fsp3) is 0.520. The van der Waals surface area contributed by atoms with E-state index in [-0.39, 0.29) is 6.61 Å². The predicted octanol–water partition coefficient (Wildman–Crippen LogP) is 2.85. The number of hydrogen-bond acceptors (Lipinski definition) is 6. The van der Waals surface area contributed by atoms with Gasteiger partial charge in [-0.1, -0.05) is 30.3 Å². The third-order valence-electron chi connectivity index (χ3n) is 6.45. The standard InChI is InChI=1S/C25H35N3O3/c1-30-25-11-5-3-9-23(25)28-15-13-27(14-16-28)22-8-6-12-26(20-22)19-21-7-2-4-10-24(21)31-18-17-29/h2-5,7,9-11,22,29H,6,8,12-20H2,1H3/t22-/m1/s1. The second-order valence-electron chi connectivity index (χ2n) is 8.41. The van der Waals surface area contributed by atoms with Gasteiger partial charge in [0.25, 0.3) is 0 Å². The van der Waals surface area contributed by atoms with Crippen molar-refractivity contribution in [2.24, 2.45) is 0 Å². The van der Waals surface area contributed by atoms with Gasteiger partial charge in [0.1, 0.15) is 18.1 Å². The maximum Gasteiger partial charge on any atom is 0.142 e. The zero-order chi connectivity index (χ0) is 21.5. The first kappa shape index (κ1) is 21.9. The van der Waals surface area contributed by atoms with Crippen LogP contribution in [0.2, 0.25) is 0 Å². The molecule has 2 fully saturated rings. The fourth-order valence-electron chi connectivity index (χ4n) is 4.86. The first-order valence-electron chi connectivity index (χ1n) is 11.4. The number of anilines is 1. The third kappa shape index (κ3) is 5.50. The highest BCUT2D eigenvalue weighted by Crippen LogP contribution is 2.29. The van der Waals surface area contributed by atoms with Crippen molar-refractivity contribution in [3.05, 3.63) is 54.1 Å². The van der Waals surface area contributed by atoms with Crippen molar-refractivity contribution in [3.8, 4) is 11.5 Å². The Labute approximate surface area is 186 Å². The lowest BCUT2D eigenvalue weighted by atomic mass is 10.0. The van der Waals surface area contributed by atoms with Crippen molar-refractivity contribution >= 4 is 5.69 Å². The summed E-state index contributed by atoms with van der Waals surface area (Å²) >= 11 is 0. The van der Waals surface area contributed by atoms with E-state index >= 15 is 0 Å². The lowest BCUT2D eigenvalue weighted by molar-refractivity contribution is 0.0879. The van der Waals surface area contributed by atoms with Crippen molar-refractivity contribution in [3.63, 3.8) is 0 Å². The van der Waals surface area contributed by atoms with Crippen LogP contribution in [-0.2, 0) is 6.54 Å². The topological polar surface area (TPSA) is 48.4 Å². The van der Waals surface area contributed by atoms with Gasteiger partial charge in [-0.25, -0.2) is 0 Å². The minimum absolute atomic E-state index is 0.0426. The minimum Gasteiger partial charge on any atom is -0.495 e. The van der Waals surface area contributed by atoms with E-state index in [1.165, 1.54) is 24.1 Å². The van der Waals surface area contributed by atoms with Gasteiger partial charge in [-0.05, 0) is 37.6 Å². The molecule has 2 aromatic rings. The molecule has 2 heterocycles. The van der Waals surface area contributed by atoms with Crippen LogP contribution in [0.25, 0.3) is 0 Å². The van der Waals surface area contributed by atoms with Crippen molar-refractivity contribution in [2.75, 3.05) is 64.5 Å². The number of rotatable bonds is 8. The van der Waals surface area contributed by atoms with Crippen molar-refractivity contribution < 1.29 is 14.6 Å². The van der Waals surface area contributed by atoms with E-state index in [4.69, 9.17) is 14.6 Å². The Morgan fingerprint density at radius 1 is 0.935 bits per heavy atom. The van der Waals surface area contributed by atoms with Crippen molar-refractivity contribution in [2.45, 2.75) is 25.4 Å². The molecule has 0 saturated carbocycles. The molecular formula is C25H35N3O3. The highest BCUT2D eigenvalue weighted by Gasteiger charge is 2.29. The second kappa shape index (κ2) is 10.8. The number of aliphatic hydroxyl groups excluding tert-OH is 1. The summed E-state index contributed by atoms with van der Waals surface area (Å²) in [6.45, 7) is 7.77. The zero-order valence-electron chi connectivity index (χ0n) is 18.6. The molecule has 6 heteroatoms. The molecule has 0 aromatic heterocycles. The van der Waals surface area contributed by atoms with E-state index in [0.29, 0.717) is 12.6 Å². The second-order valence-corrected chi connectivity index (χ2v) is 8.41. The van der Waals surface area contributed by atoms with Gasteiger partial charge in [0.15, 0.2) is 0 Å². The molecule has 0 spiro atoms. The van der Waals surface area contributed by atoms with Gasteiger partial charge in [-0.3, -0.25) is 9.80 Å². The van der Waals surface area contributed by atoms with Crippen molar-refractivity contribution in [1.29, 1.82) is 0 Å². The molecule has 2 aliphatic rings. The van der Waals surface area contributed by atoms with E-state index in [1.54, 1.807) is 7.11 Å². The van der Waals surface area contributed by atoms with Crippen LogP contribution >= 0.6 is 0 Å². The van der Waals surface area contributed by atoms with Gasteiger partial charge in [0, 0.05) is 50.9 Å². The highest BCUT2D eigenvalue weighted by molar-refractivity contribution is 5.58. The van der Waals surface area contributed by atoms with Gasteiger partial charge < -0.3 is 19.5 Å². The molecule has 31 heavy (non-hydrogen) atoms. The van der Waals surface area contributed by atoms with Gasteiger partial charge >= 0.3 is 0 Å². The molecule has 6 nitrogen and oxygen atoms in total. The maximum atomic E-state index is 9.09. The number of ether oxygens (including phenoxy) is 2. The van der Waals surface area contributed by atoms with Crippen LogP contribution in [-0.4, -0.2) is 80.5 Å². The molecule has 0 bridgehead atoms. The molecule has 1 atom stereocenters. The molecule has 2 aromatic carbocycles. The summed E-state index contributed by atoms with van der Waals surface area (Å²) in [7, 11) is 1.75. The Morgan fingerprint density at radius 3 is 2.45 bits per heavy atom. The number of methoxy groups -OCH3 is 1. The normalized spacial score (nSPS) is 20.6. The minimum atomic E-state index is 0.0426. The Hall–Kier alpha value is -2.28. The average molecular weight is 426 g/mol. The summed E-state index contributed by atoms with van der Waals surface area (Å²) < 4.78 is 11.3. The fourth-order valence-corrected chi connectivity index (χ4v) is 4.86. The Morgan fingerprint density at radius 2 is 1.68 bits per heavy atom. The quantitative estimate of drug-likeness (QED) is 0.702. The summed E-state index contributed by atoms with van der Waals surface area (Å²) in [5.41, 5.74) is 2.41. The first-order valence-corrected chi connectivity index (χ1v) is 11.4. The molecule has 1 N–H and O–H groups in total. The number of benzene rings is 2. The monoisotopic (exact) mass is 425 g/mol. The van der Waals surface area contributed by atoms with Gasteiger partial charge in [-0.2, -0.15) is 0 Å². The number of nitrogens with zero attached hydrogens (tertiary/aromatic N) is 3. The predicted molar refractivity (Wildman–Crippen MR) is 124 cm³/mol. The Bertz CT molecular complexity index is 823. The van der Waals surface area contributed by atoms with Gasteiger partial charge in [0.2, 0.25) is 0 Å². The molecular weight excluding hydrogens is 390 g/mol. The van der Waals surface area contributed by atoms with E-state index < -0.39 is 0 Å². The number of piperidine rings is 1. The van der Waals surface area contributed by atoms with E-state index in [0.717, 1.165) is 57.3 Å².